The van der Waals surface area contributed by atoms with Crippen molar-refractivity contribution in [1.29, 1.82) is 0 Å². The van der Waals surface area contributed by atoms with Crippen LogP contribution in [-0.4, -0.2) is 51.8 Å². The smallest absolute Gasteiger partial charge is 0.273 e. The summed E-state index contributed by atoms with van der Waals surface area (Å²) >= 11 is 6.36. The van der Waals surface area contributed by atoms with Crippen molar-refractivity contribution in [2.75, 3.05) is 6.54 Å². The van der Waals surface area contributed by atoms with E-state index < -0.39 is 35.8 Å². The summed E-state index contributed by atoms with van der Waals surface area (Å²) in [7, 11) is 1.74. The van der Waals surface area contributed by atoms with Gasteiger partial charge in [-0.05, 0) is 43.9 Å². The van der Waals surface area contributed by atoms with E-state index in [-0.39, 0.29) is 17.5 Å². The van der Waals surface area contributed by atoms with E-state index in [1.165, 1.54) is 6.26 Å². The zero-order valence-electron chi connectivity index (χ0n) is 23.9. The molecule has 0 radical (unpaired) electrons. The van der Waals surface area contributed by atoms with Crippen molar-refractivity contribution in [1.82, 2.24) is 30.8 Å². The van der Waals surface area contributed by atoms with Crippen LogP contribution in [0.25, 0.3) is 10.9 Å². The number of halogens is 1. The van der Waals surface area contributed by atoms with Crippen molar-refractivity contribution in [2.24, 2.45) is 7.05 Å². The van der Waals surface area contributed by atoms with Crippen LogP contribution in [0, 0.1) is 0 Å². The lowest BCUT2D eigenvalue weighted by atomic mass is 10.0. The van der Waals surface area contributed by atoms with E-state index in [1.807, 2.05) is 42.5 Å². The van der Waals surface area contributed by atoms with Crippen LogP contribution in [-0.2, 0) is 23.1 Å². The molecule has 224 valence electrons. The van der Waals surface area contributed by atoms with Crippen LogP contribution in [0.2, 0.25) is 5.02 Å². The summed E-state index contributed by atoms with van der Waals surface area (Å²) in [6.07, 6.45) is 2.90. The number of nitrogens with zero attached hydrogens (tertiary/aromatic N) is 2. The van der Waals surface area contributed by atoms with Crippen LogP contribution in [0.4, 0.5) is 0 Å². The van der Waals surface area contributed by atoms with Crippen LogP contribution >= 0.6 is 11.6 Å². The van der Waals surface area contributed by atoms with E-state index in [2.05, 4.69) is 26.3 Å². The van der Waals surface area contributed by atoms with Crippen molar-refractivity contribution in [3.63, 3.8) is 0 Å². The van der Waals surface area contributed by atoms with Gasteiger partial charge in [0.1, 0.15) is 30.1 Å². The Kier molecular flexibility index (Phi) is 9.10. The lowest BCUT2D eigenvalue weighted by Crippen LogP contribution is -2.49. The minimum atomic E-state index is -0.879. The number of carbonyl (C=O) groups is 4. The monoisotopic (exact) mass is 604 g/mol. The zero-order valence-corrected chi connectivity index (χ0v) is 24.6. The Labute approximate surface area is 253 Å². The molecule has 0 fully saturated rings. The molecule has 1 aliphatic rings. The van der Waals surface area contributed by atoms with Crippen molar-refractivity contribution < 1.29 is 23.6 Å². The molecule has 0 aliphatic carbocycles. The highest BCUT2D eigenvalue weighted by Gasteiger charge is 2.28. The summed E-state index contributed by atoms with van der Waals surface area (Å²) < 4.78 is 7.21. The number of hydrogen-bond acceptors (Lipinski definition) is 6. The number of nitrogens with one attached hydrogen (secondary N) is 4. The first-order valence-corrected chi connectivity index (χ1v) is 14.5. The standard InChI is InChI=1S/C31H33ClN6O5/c1-18-31-37-24(17-43-31)29(41)36-23(15-19-9-4-3-5-10-19)27(39)33-14-7-6-13-22(28(40)34-18)35-30(42)25-16-20-11-8-12-21(32)26(20)38(25)2/h3-5,8-12,16-18,22-23H,6-7,13-15H2,1-2H3,(H,33,39)(H,34,40)(H,35,42)(H,36,41)/t18-,22-,23-/m0/s1. The van der Waals surface area contributed by atoms with Crippen LogP contribution < -0.4 is 21.3 Å². The van der Waals surface area contributed by atoms with E-state index in [4.69, 9.17) is 16.0 Å². The molecule has 4 N–H and O–H groups in total. The first-order valence-electron chi connectivity index (χ1n) is 14.1. The molecule has 5 rings (SSSR count). The Hall–Kier alpha value is -4.64. The maximum atomic E-state index is 13.4. The minimum Gasteiger partial charge on any atom is -0.446 e. The highest BCUT2D eigenvalue weighted by Crippen LogP contribution is 2.26. The molecule has 12 heteroatoms. The second-order valence-corrected chi connectivity index (χ2v) is 11.0. The number of carbonyl (C=O) groups excluding carboxylic acids is 4. The molecule has 3 heterocycles. The lowest BCUT2D eigenvalue weighted by Gasteiger charge is -2.21. The van der Waals surface area contributed by atoms with E-state index in [0.29, 0.717) is 42.9 Å². The molecule has 0 spiro atoms. The Morgan fingerprint density at radius 3 is 2.63 bits per heavy atom. The topological polar surface area (TPSA) is 147 Å². The summed E-state index contributed by atoms with van der Waals surface area (Å²) in [6, 6.07) is 14.1. The normalized spacial score (nSPS) is 20.3. The number of para-hydroxylation sites is 1. The summed E-state index contributed by atoms with van der Waals surface area (Å²) in [4.78, 5) is 57.1. The molecule has 4 amide bonds. The number of amides is 4. The Morgan fingerprint density at radius 1 is 1.07 bits per heavy atom. The minimum absolute atomic E-state index is 0.0201. The maximum Gasteiger partial charge on any atom is 0.273 e. The van der Waals surface area contributed by atoms with Crippen LogP contribution in [0.3, 0.4) is 0 Å². The van der Waals surface area contributed by atoms with Gasteiger partial charge in [0, 0.05) is 25.4 Å². The molecule has 3 atom stereocenters. The summed E-state index contributed by atoms with van der Waals surface area (Å²) in [5.74, 6) is -1.65. The third-order valence-electron chi connectivity index (χ3n) is 7.47. The van der Waals surface area contributed by atoms with Crippen molar-refractivity contribution >= 4 is 46.1 Å². The Balaban J connectivity index is 1.35. The maximum absolute atomic E-state index is 13.4. The van der Waals surface area contributed by atoms with Gasteiger partial charge in [-0.25, -0.2) is 4.98 Å². The molecule has 2 aromatic carbocycles. The largest absolute Gasteiger partial charge is 0.446 e. The fourth-order valence-electron chi connectivity index (χ4n) is 5.15. The second-order valence-electron chi connectivity index (χ2n) is 10.6. The van der Waals surface area contributed by atoms with E-state index >= 15 is 0 Å². The summed E-state index contributed by atoms with van der Waals surface area (Å²) in [6.45, 7) is 2.00. The Bertz CT molecular complexity index is 1650. The third-order valence-corrected chi connectivity index (χ3v) is 7.77. The van der Waals surface area contributed by atoms with Crippen molar-refractivity contribution in [3.8, 4) is 0 Å². The summed E-state index contributed by atoms with van der Waals surface area (Å²) in [5.41, 5.74) is 1.95. The van der Waals surface area contributed by atoms with Crippen molar-refractivity contribution in [2.45, 2.75) is 50.7 Å². The average molecular weight is 605 g/mol. The predicted octanol–water partition coefficient (Wildman–Crippen LogP) is 3.44. The summed E-state index contributed by atoms with van der Waals surface area (Å²) in [5, 5.41) is 12.7. The van der Waals surface area contributed by atoms with Gasteiger partial charge in [0.25, 0.3) is 11.8 Å². The molecule has 2 bridgehead atoms. The average Bonchev–Trinajstić information content (AvgIpc) is 3.62. The zero-order chi connectivity index (χ0) is 30.5. The van der Waals surface area contributed by atoms with E-state index in [1.54, 1.807) is 30.7 Å². The SMILES string of the molecule is C[C@@H]1NC(=O)[C@@H](NC(=O)c2cc3cccc(Cl)c3n2C)CCCCNC(=O)[C@H](Cc2ccccc2)NC(=O)c2coc1n2. The lowest BCUT2D eigenvalue weighted by molar-refractivity contribution is -0.124. The highest BCUT2D eigenvalue weighted by atomic mass is 35.5. The van der Waals surface area contributed by atoms with Gasteiger partial charge in [-0.15, -0.1) is 0 Å². The predicted molar refractivity (Wildman–Crippen MR) is 161 cm³/mol. The molecule has 0 saturated heterocycles. The van der Waals surface area contributed by atoms with E-state index in [9.17, 15) is 19.2 Å². The molecule has 1 aliphatic heterocycles. The third kappa shape index (κ3) is 6.89. The number of aryl methyl sites for hydroxylation is 1. The second kappa shape index (κ2) is 13.1. The van der Waals surface area contributed by atoms with Gasteiger partial charge >= 0.3 is 0 Å². The fraction of sp³-hybridized carbons (Fsp3) is 0.323. The number of oxazole rings is 1. The fourth-order valence-corrected chi connectivity index (χ4v) is 5.46. The van der Waals surface area contributed by atoms with Crippen LogP contribution in [0.5, 0.6) is 0 Å². The highest BCUT2D eigenvalue weighted by molar-refractivity contribution is 6.35. The van der Waals surface area contributed by atoms with Gasteiger partial charge in [0.2, 0.25) is 17.7 Å². The molecular formula is C31H33ClN6O5. The molecule has 0 unspecified atom stereocenters. The number of benzene rings is 2. The number of rotatable bonds is 4. The molecular weight excluding hydrogens is 572 g/mol. The van der Waals surface area contributed by atoms with Crippen LogP contribution in [0.1, 0.15) is 64.7 Å². The quantitative estimate of drug-likeness (QED) is 0.281. The van der Waals surface area contributed by atoms with Gasteiger partial charge < -0.3 is 30.3 Å². The van der Waals surface area contributed by atoms with E-state index in [0.717, 1.165) is 16.5 Å². The van der Waals surface area contributed by atoms with Crippen LogP contribution in [0.15, 0.2) is 65.3 Å². The van der Waals surface area contributed by atoms with Gasteiger partial charge in [-0.1, -0.05) is 54.1 Å². The molecule has 43 heavy (non-hydrogen) atoms. The first kappa shape index (κ1) is 29.8. The number of fused-ring (bicyclic) bond motifs is 3. The van der Waals surface area contributed by atoms with Gasteiger partial charge in [-0.2, -0.15) is 0 Å². The number of aromatic nitrogens is 2. The molecule has 2 aromatic heterocycles. The first-order chi connectivity index (χ1) is 20.7. The van der Waals surface area contributed by atoms with Crippen molar-refractivity contribution in [3.05, 3.63) is 88.7 Å². The molecule has 0 saturated carbocycles. The van der Waals surface area contributed by atoms with Gasteiger partial charge in [0.05, 0.1) is 10.5 Å². The molecule has 11 nitrogen and oxygen atoms in total. The number of hydrogen-bond donors (Lipinski definition) is 4. The molecule has 4 aromatic rings. The Morgan fingerprint density at radius 2 is 1.86 bits per heavy atom. The van der Waals surface area contributed by atoms with Gasteiger partial charge in [0.15, 0.2) is 5.69 Å². The van der Waals surface area contributed by atoms with Gasteiger partial charge in [-0.3, -0.25) is 19.2 Å².